The summed E-state index contributed by atoms with van der Waals surface area (Å²) in [6.07, 6.45) is 1.86. The fraction of sp³-hybridized carbons (Fsp3) is 0.190. The van der Waals surface area contributed by atoms with Crippen LogP contribution in [0.2, 0.25) is 5.02 Å². The molecule has 3 nitrogen and oxygen atoms in total. The Balaban J connectivity index is 1.74. The first-order valence-corrected chi connectivity index (χ1v) is 8.69. The van der Waals surface area contributed by atoms with Gasteiger partial charge in [-0.2, -0.15) is 5.10 Å². The van der Waals surface area contributed by atoms with E-state index >= 15 is 0 Å². The minimum atomic E-state index is 0.604. The zero-order valence-corrected chi connectivity index (χ0v) is 15.5. The van der Waals surface area contributed by atoms with Gasteiger partial charge in [0.2, 0.25) is 0 Å². The van der Waals surface area contributed by atoms with E-state index < -0.39 is 0 Å². The van der Waals surface area contributed by atoms with Gasteiger partial charge < -0.3 is 9.99 Å². The van der Waals surface area contributed by atoms with Crippen molar-refractivity contribution in [2.45, 2.75) is 27.3 Å². The fourth-order valence-corrected chi connectivity index (χ4v) is 3.10. The summed E-state index contributed by atoms with van der Waals surface area (Å²) in [5, 5.41) is 5.11. The van der Waals surface area contributed by atoms with Gasteiger partial charge in [-0.1, -0.05) is 47.5 Å². The Hall–Kier alpha value is -2.52. The molecular formula is C21H22ClN3. The molecule has 0 unspecified atom stereocenters. The molecule has 1 N–H and O–H groups in total. The number of aromatic nitrogens is 1. The smallest absolute Gasteiger partial charge is 0.0594 e. The first kappa shape index (κ1) is 17.3. The van der Waals surface area contributed by atoms with E-state index in [1.165, 1.54) is 22.6 Å². The van der Waals surface area contributed by atoms with Crippen LogP contribution in [0.15, 0.2) is 59.7 Å². The Morgan fingerprint density at radius 3 is 2.48 bits per heavy atom. The second kappa shape index (κ2) is 7.58. The standard InChI is InChI=1S/C21H22ClN3/c1-15-8-10-20(11-9-15)25-16(2)12-19(17(25)3)14-24-23-13-18-6-4-5-7-21(18)22/h4-12,14,23H,13H2,1-3H3/b24-14-. The van der Waals surface area contributed by atoms with Gasteiger partial charge in [0.15, 0.2) is 0 Å². The molecule has 128 valence electrons. The first-order chi connectivity index (χ1) is 12.1. The highest BCUT2D eigenvalue weighted by Gasteiger charge is 2.09. The molecule has 0 saturated heterocycles. The van der Waals surface area contributed by atoms with Crippen molar-refractivity contribution >= 4 is 17.8 Å². The summed E-state index contributed by atoms with van der Waals surface area (Å²) in [5.74, 6) is 0. The molecule has 3 aromatic rings. The second-order valence-corrected chi connectivity index (χ2v) is 6.59. The summed E-state index contributed by atoms with van der Waals surface area (Å²) in [5.41, 5.74) is 10.00. The van der Waals surface area contributed by atoms with E-state index in [9.17, 15) is 0 Å². The second-order valence-electron chi connectivity index (χ2n) is 6.18. The van der Waals surface area contributed by atoms with Crippen molar-refractivity contribution in [2.75, 3.05) is 0 Å². The van der Waals surface area contributed by atoms with E-state index in [2.05, 4.69) is 66.2 Å². The lowest BCUT2D eigenvalue weighted by Gasteiger charge is -2.09. The molecule has 2 aromatic carbocycles. The average molecular weight is 352 g/mol. The highest BCUT2D eigenvalue weighted by Crippen LogP contribution is 2.20. The molecule has 0 bridgehead atoms. The molecule has 25 heavy (non-hydrogen) atoms. The molecule has 0 aliphatic rings. The van der Waals surface area contributed by atoms with E-state index in [1.54, 1.807) is 0 Å². The number of rotatable bonds is 5. The van der Waals surface area contributed by atoms with Crippen LogP contribution in [0.1, 0.15) is 28.1 Å². The van der Waals surface area contributed by atoms with E-state index in [0.29, 0.717) is 6.54 Å². The van der Waals surface area contributed by atoms with Crippen LogP contribution in [0.25, 0.3) is 5.69 Å². The highest BCUT2D eigenvalue weighted by molar-refractivity contribution is 6.31. The molecule has 1 heterocycles. The summed E-state index contributed by atoms with van der Waals surface area (Å²) in [7, 11) is 0. The summed E-state index contributed by atoms with van der Waals surface area (Å²) in [6, 6.07) is 18.5. The third-order valence-corrected chi connectivity index (χ3v) is 4.65. The van der Waals surface area contributed by atoms with E-state index in [4.69, 9.17) is 11.6 Å². The van der Waals surface area contributed by atoms with Gasteiger partial charge in [0.1, 0.15) is 0 Å². The molecule has 0 radical (unpaired) electrons. The first-order valence-electron chi connectivity index (χ1n) is 8.31. The highest BCUT2D eigenvalue weighted by atomic mass is 35.5. The maximum atomic E-state index is 6.15. The summed E-state index contributed by atoms with van der Waals surface area (Å²) in [4.78, 5) is 0. The summed E-state index contributed by atoms with van der Waals surface area (Å²) in [6.45, 7) is 6.93. The number of nitrogens with zero attached hydrogens (tertiary/aromatic N) is 2. The van der Waals surface area contributed by atoms with Crippen molar-refractivity contribution in [3.8, 4) is 5.69 Å². The van der Waals surface area contributed by atoms with Crippen LogP contribution in [0.5, 0.6) is 0 Å². The Kier molecular flexibility index (Phi) is 5.25. The Morgan fingerprint density at radius 1 is 1.04 bits per heavy atom. The van der Waals surface area contributed by atoms with Crippen molar-refractivity contribution in [2.24, 2.45) is 5.10 Å². The Labute approximate surface area is 154 Å². The quantitative estimate of drug-likeness (QED) is 0.498. The van der Waals surface area contributed by atoms with Crippen LogP contribution in [-0.2, 0) is 6.54 Å². The number of hydrogen-bond acceptors (Lipinski definition) is 2. The normalized spacial score (nSPS) is 11.2. The van der Waals surface area contributed by atoms with Gasteiger partial charge in [-0.3, -0.25) is 0 Å². The SMILES string of the molecule is Cc1ccc(-n2c(C)cc(/C=N\NCc3ccccc3Cl)c2C)cc1. The molecule has 0 saturated carbocycles. The van der Waals surface area contributed by atoms with Crippen molar-refractivity contribution in [1.82, 2.24) is 9.99 Å². The van der Waals surface area contributed by atoms with E-state index in [0.717, 1.165) is 16.1 Å². The van der Waals surface area contributed by atoms with E-state index in [-0.39, 0.29) is 0 Å². The van der Waals surface area contributed by atoms with Gasteiger partial charge in [0.05, 0.1) is 12.8 Å². The van der Waals surface area contributed by atoms with Gasteiger partial charge in [-0.15, -0.1) is 0 Å². The molecule has 0 spiro atoms. The van der Waals surface area contributed by atoms with Crippen LogP contribution in [0, 0.1) is 20.8 Å². The zero-order valence-electron chi connectivity index (χ0n) is 14.8. The number of nitrogens with one attached hydrogen (secondary N) is 1. The average Bonchev–Trinajstić information content (AvgIpc) is 2.88. The number of hydrogen-bond donors (Lipinski definition) is 1. The van der Waals surface area contributed by atoms with Gasteiger partial charge in [0, 0.05) is 27.7 Å². The van der Waals surface area contributed by atoms with Crippen LogP contribution >= 0.6 is 11.6 Å². The fourth-order valence-electron chi connectivity index (χ4n) is 2.90. The predicted octanol–water partition coefficient (Wildman–Crippen LogP) is 5.18. The van der Waals surface area contributed by atoms with Gasteiger partial charge in [-0.25, -0.2) is 0 Å². The van der Waals surface area contributed by atoms with Crippen LogP contribution in [0.3, 0.4) is 0 Å². The maximum absolute atomic E-state index is 6.15. The minimum Gasteiger partial charge on any atom is -0.318 e. The number of halogens is 1. The van der Waals surface area contributed by atoms with Crippen LogP contribution in [-0.4, -0.2) is 10.8 Å². The van der Waals surface area contributed by atoms with Gasteiger partial charge >= 0.3 is 0 Å². The topological polar surface area (TPSA) is 29.3 Å². The molecule has 1 aromatic heterocycles. The van der Waals surface area contributed by atoms with Crippen molar-refractivity contribution in [3.63, 3.8) is 0 Å². The third kappa shape index (κ3) is 3.94. The van der Waals surface area contributed by atoms with Crippen molar-refractivity contribution < 1.29 is 0 Å². The minimum absolute atomic E-state index is 0.604. The molecule has 4 heteroatoms. The van der Waals surface area contributed by atoms with Crippen LogP contribution < -0.4 is 5.43 Å². The number of benzene rings is 2. The van der Waals surface area contributed by atoms with E-state index in [1.807, 2.05) is 30.5 Å². The largest absolute Gasteiger partial charge is 0.318 e. The molecule has 0 fully saturated rings. The maximum Gasteiger partial charge on any atom is 0.0594 e. The molecule has 0 atom stereocenters. The Morgan fingerprint density at radius 2 is 1.76 bits per heavy atom. The monoisotopic (exact) mass is 351 g/mol. The lowest BCUT2D eigenvalue weighted by Crippen LogP contribution is -2.06. The van der Waals surface area contributed by atoms with Gasteiger partial charge in [0.25, 0.3) is 0 Å². The number of hydrazone groups is 1. The predicted molar refractivity (Wildman–Crippen MR) is 106 cm³/mol. The Bertz CT molecular complexity index is 892. The molecule has 0 aliphatic heterocycles. The lowest BCUT2D eigenvalue weighted by atomic mass is 10.2. The number of aryl methyl sites for hydroxylation is 2. The molecule has 3 rings (SSSR count). The molecule has 0 amide bonds. The molecule has 0 aliphatic carbocycles. The van der Waals surface area contributed by atoms with Crippen molar-refractivity contribution in [1.29, 1.82) is 0 Å². The van der Waals surface area contributed by atoms with Gasteiger partial charge in [-0.05, 0) is 50.6 Å². The van der Waals surface area contributed by atoms with Crippen molar-refractivity contribution in [3.05, 3.63) is 87.7 Å². The lowest BCUT2D eigenvalue weighted by molar-refractivity contribution is 0.748. The molecular weight excluding hydrogens is 330 g/mol. The summed E-state index contributed by atoms with van der Waals surface area (Å²) < 4.78 is 2.24. The zero-order chi connectivity index (χ0) is 17.8. The third-order valence-electron chi connectivity index (χ3n) is 4.28. The van der Waals surface area contributed by atoms with Crippen LogP contribution in [0.4, 0.5) is 0 Å². The summed E-state index contributed by atoms with van der Waals surface area (Å²) >= 11 is 6.15.